The molecule has 5 nitrogen and oxygen atoms in total. The highest BCUT2D eigenvalue weighted by Gasteiger charge is 2.17. The summed E-state index contributed by atoms with van der Waals surface area (Å²) in [6, 6.07) is 5.77. The van der Waals surface area contributed by atoms with Gasteiger partial charge in [-0.1, -0.05) is 12.5 Å². The van der Waals surface area contributed by atoms with Crippen LogP contribution in [0, 0.1) is 0 Å². The Morgan fingerprint density at radius 2 is 2.29 bits per heavy atom. The number of hydrogen-bond acceptors (Lipinski definition) is 4. The summed E-state index contributed by atoms with van der Waals surface area (Å²) in [7, 11) is 0. The molecule has 118 valence electrons. The fraction of sp³-hybridized carbons (Fsp3) is 0.600. The quantitative estimate of drug-likeness (QED) is 0.817. The molecule has 1 amide bonds. The molecule has 1 atom stereocenters. The molecule has 21 heavy (non-hydrogen) atoms. The molecular formula is C15H25ClN4O. The Morgan fingerprint density at radius 3 is 3.00 bits per heavy atom. The number of aromatic nitrogens is 1. The van der Waals surface area contributed by atoms with Crippen molar-refractivity contribution in [2.45, 2.75) is 38.6 Å². The first-order valence-corrected chi connectivity index (χ1v) is 7.41. The fourth-order valence-corrected chi connectivity index (χ4v) is 2.64. The third-order valence-corrected chi connectivity index (χ3v) is 3.85. The van der Waals surface area contributed by atoms with Crippen molar-refractivity contribution in [2.24, 2.45) is 0 Å². The molecule has 2 heterocycles. The number of rotatable bonds is 5. The van der Waals surface area contributed by atoms with Crippen LogP contribution >= 0.6 is 12.4 Å². The third kappa shape index (κ3) is 5.52. The van der Waals surface area contributed by atoms with Gasteiger partial charge in [0, 0.05) is 19.1 Å². The van der Waals surface area contributed by atoms with Gasteiger partial charge in [-0.15, -0.1) is 12.4 Å². The van der Waals surface area contributed by atoms with Gasteiger partial charge in [-0.25, -0.2) is 4.98 Å². The van der Waals surface area contributed by atoms with Crippen molar-refractivity contribution in [3.8, 4) is 0 Å². The van der Waals surface area contributed by atoms with Crippen molar-refractivity contribution in [3.05, 3.63) is 23.9 Å². The number of nitrogens with two attached hydrogens (primary N) is 1. The number of anilines is 1. The highest BCUT2D eigenvalue weighted by molar-refractivity contribution is 5.92. The minimum absolute atomic E-state index is 0. The van der Waals surface area contributed by atoms with Crippen LogP contribution in [0.3, 0.4) is 0 Å². The number of pyridine rings is 1. The number of carbonyl (C=O) groups excluding carboxylic acids is 1. The van der Waals surface area contributed by atoms with Crippen molar-refractivity contribution in [3.63, 3.8) is 0 Å². The SMILES string of the molecule is CC1CCCCN1CCCNC(=O)c1cccc(N)n1.Cl. The number of nitrogens with one attached hydrogen (secondary N) is 1. The topological polar surface area (TPSA) is 71.2 Å². The van der Waals surface area contributed by atoms with Crippen LogP contribution in [-0.2, 0) is 0 Å². The van der Waals surface area contributed by atoms with Crippen LogP contribution in [0.25, 0.3) is 0 Å². The minimum Gasteiger partial charge on any atom is -0.384 e. The second-order valence-electron chi connectivity index (χ2n) is 5.44. The molecule has 1 saturated heterocycles. The normalized spacial score (nSPS) is 18.8. The zero-order valence-corrected chi connectivity index (χ0v) is 13.4. The maximum absolute atomic E-state index is 11.9. The molecule has 1 unspecified atom stereocenters. The first-order chi connectivity index (χ1) is 9.66. The monoisotopic (exact) mass is 312 g/mol. The van der Waals surface area contributed by atoms with Gasteiger partial charge in [-0.3, -0.25) is 4.79 Å². The highest BCUT2D eigenvalue weighted by Crippen LogP contribution is 2.16. The number of carbonyl (C=O) groups is 1. The van der Waals surface area contributed by atoms with Gasteiger partial charge in [0.15, 0.2) is 0 Å². The summed E-state index contributed by atoms with van der Waals surface area (Å²) in [6.45, 7) is 5.20. The summed E-state index contributed by atoms with van der Waals surface area (Å²) in [5.74, 6) is 0.226. The lowest BCUT2D eigenvalue weighted by Crippen LogP contribution is -2.39. The first-order valence-electron chi connectivity index (χ1n) is 7.41. The van der Waals surface area contributed by atoms with Crippen molar-refractivity contribution >= 4 is 24.1 Å². The molecule has 3 N–H and O–H groups in total. The van der Waals surface area contributed by atoms with E-state index < -0.39 is 0 Å². The molecule has 2 rings (SSSR count). The summed E-state index contributed by atoms with van der Waals surface area (Å²) < 4.78 is 0. The summed E-state index contributed by atoms with van der Waals surface area (Å²) in [5.41, 5.74) is 5.95. The largest absolute Gasteiger partial charge is 0.384 e. The molecule has 1 aliphatic heterocycles. The predicted octanol–water partition coefficient (Wildman–Crippen LogP) is 2.08. The Balaban J connectivity index is 0.00000220. The summed E-state index contributed by atoms with van der Waals surface area (Å²) in [4.78, 5) is 18.4. The third-order valence-electron chi connectivity index (χ3n) is 3.85. The Kier molecular flexibility index (Phi) is 7.47. The fourth-order valence-electron chi connectivity index (χ4n) is 2.64. The number of nitrogen functional groups attached to an aromatic ring is 1. The van der Waals surface area contributed by atoms with E-state index in [1.165, 1.54) is 25.8 Å². The molecule has 0 aromatic carbocycles. The van der Waals surface area contributed by atoms with Crippen molar-refractivity contribution in [1.29, 1.82) is 0 Å². The molecule has 1 fully saturated rings. The molecule has 6 heteroatoms. The number of nitrogens with zero attached hydrogens (tertiary/aromatic N) is 2. The lowest BCUT2D eigenvalue weighted by molar-refractivity contribution is 0.0944. The van der Waals surface area contributed by atoms with Gasteiger partial charge in [0.1, 0.15) is 11.5 Å². The molecule has 1 aliphatic rings. The van der Waals surface area contributed by atoms with Crippen LogP contribution in [0.5, 0.6) is 0 Å². The molecule has 1 aromatic heterocycles. The summed E-state index contributed by atoms with van der Waals surface area (Å²) >= 11 is 0. The maximum Gasteiger partial charge on any atom is 0.269 e. The summed E-state index contributed by atoms with van der Waals surface area (Å²) in [6.07, 6.45) is 4.90. The zero-order chi connectivity index (χ0) is 14.4. The number of likely N-dealkylation sites (tertiary alicyclic amines) is 1. The minimum atomic E-state index is -0.149. The number of hydrogen-bond donors (Lipinski definition) is 2. The standard InChI is InChI=1S/C15H24N4O.ClH/c1-12-6-2-3-10-19(12)11-5-9-17-15(20)13-7-4-8-14(16)18-13;/h4,7-8,12H,2-3,5-6,9-11H2,1H3,(H2,16,18)(H,17,20);1H. The van der Waals surface area contributed by atoms with Crippen molar-refractivity contribution in [1.82, 2.24) is 15.2 Å². The van der Waals surface area contributed by atoms with Gasteiger partial charge in [0.25, 0.3) is 5.91 Å². The van der Waals surface area contributed by atoms with E-state index in [2.05, 4.69) is 22.1 Å². The van der Waals surface area contributed by atoms with E-state index >= 15 is 0 Å². The molecular weight excluding hydrogens is 288 g/mol. The van der Waals surface area contributed by atoms with Crippen molar-refractivity contribution < 1.29 is 4.79 Å². The van der Waals surface area contributed by atoms with Gasteiger partial charge in [0.2, 0.25) is 0 Å². The number of halogens is 1. The van der Waals surface area contributed by atoms with Crippen LogP contribution in [0.2, 0.25) is 0 Å². The molecule has 0 aliphatic carbocycles. The Labute approximate surface area is 132 Å². The van der Waals surface area contributed by atoms with Crippen LogP contribution in [0.1, 0.15) is 43.1 Å². The van der Waals surface area contributed by atoms with Crippen LogP contribution < -0.4 is 11.1 Å². The van der Waals surface area contributed by atoms with Gasteiger partial charge in [-0.05, 0) is 44.9 Å². The molecule has 0 radical (unpaired) electrons. The van der Waals surface area contributed by atoms with Crippen LogP contribution in [0.15, 0.2) is 18.2 Å². The Hall–Kier alpha value is -1.33. The molecule has 0 spiro atoms. The lowest BCUT2D eigenvalue weighted by Gasteiger charge is -2.33. The second-order valence-corrected chi connectivity index (χ2v) is 5.44. The Morgan fingerprint density at radius 1 is 1.48 bits per heavy atom. The highest BCUT2D eigenvalue weighted by atomic mass is 35.5. The maximum atomic E-state index is 11.9. The van der Waals surface area contributed by atoms with Crippen LogP contribution in [0.4, 0.5) is 5.82 Å². The van der Waals surface area contributed by atoms with Gasteiger partial charge in [0.05, 0.1) is 0 Å². The van der Waals surface area contributed by atoms with E-state index in [4.69, 9.17) is 5.73 Å². The lowest BCUT2D eigenvalue weighted by atomic mass is 10.0. The smallest absolute Gasteiger partial charge is 0.269 e. The first kappa shape index (κ1) is 17.7. The Bertz CT molecular complexity index is 455. The van der Waals surface area contributed by atoms with Gasteiger partial charge >= 0.3 is 0 Å². The second kappa shape index (κ2) is 8.85. The zero-order valence-electron chi connectivity index (χ0n) is 12.5. The van der Waals surface area contributed by atoms with E-state index in [1.807, 2.05) is 0 Å². The average molecular weight is 313 g/mol. The van der Waals surface area contributed by atoms with E-state index in [0.717, 1.165) is 13.0 Å². The van der Waals surface area contributed by atoms with E-state index in [0.29, 0.717) is 24.1 Å². The van der Waals surface area contributed by atoms with Crippen molar-refractivity contribution in [2.75, 3.05) is 25.4 Å². The van der Waals surface area contributed by atoms with E-state index in [1.54, 1.807) is 18.2 Å². The summed E-state index contributed by atoms with van der Waals surface area (Å²) in [5, 5.41) is 2.90. The molecule has 1 aromatic rings. The number of amides is 1. The molecule has 0 bridgehead atoms. The van der Waals surface area contributed by atoms with Gasteiger partial charge in [-0.2, -0.15) is 0 Å². The number of piperidine rings is 1. The van der Waals surface area contributed by atoms with Crippen LogP contribution in [-0.4, -0.2) is 41.5 Å². The molecule has 0 saturated carbocycles. The van der Waals surface area contributed by atoms with E-state index in [-0.39, 0.29) is 18.3 Å². The predicted molar refractivity (Wildman–Crippen MR) is 87.7 cm³/mol. The average Bonchev–Trinajstić information content (AvgIpc) is 2.45. The van der Waals surface area contributed by atoms with Gasteiger partial charge < -0.3 is 16.0 Å². The van der Waals surface area contributed by atoms with E-state index in [9.17, 15) is 4.79 Å².